The van der Waals surface area contributed by atoms with Gasteiger partial charge in [0.1, 0.15) is 0 Å². The summed E-state index contributed by atoms with van der Waals surface area (Å²) in [6, 6.07) is 8.90. The van der Waals surface area contributed by atoms with Crippen LogP contribution in [0.2, 0.25) is 0 Å². The van der Waals surface area contributed by atoms with Crippen LogP contribution in [-0.4, -0.2) is 20.8 Å². The van der Waals surface area contributed by atoms with Gasteiger partial charge in [-0.05, 0) is 37.3 Å². The first-order valence-corrected chi connectivity index (χ1v) is 8.10. The monoisotopic (exact) mass is 263 g/mol. The molecule has 4 atom stereocenters. The maximum atomic E-state index is 12.5. The minimum Gasteiger partial charge on any atom is -0.303 e. The van der Waals surface area contributed by atoms with Crippen LogP contribution >= 0.6 is 0 Å². The minimum atomic E-state index is -0.717. The molecule has 0 amide bonds. The molecule has 1 aliphatic carbocycles. The predicted octanol–water partition coefficient (Wildman–Crippen LogP) is 2.73. The fourth-order valence-corrected chi connectivity index (χ4v) is 5.44. The molecule has 2 aliphatic rings. The molecule has 4 unspecified atom stereocenters. The van der Waals surface area contributed by atoms with E-state index in [1.807, 2.05) is 0 Å². The lowest BCUT2D eigenvalue weighted by Gasteiger charge is -2.46. The number of hydrogen-bond acceptors (Lipinski definition) is 2. The van der Waals surface area contributed by atoms with Gasteiger partial charge in [-0.15, -0.1) is 0 Å². The van der Waals surface area contributed by atoms with Crippen molar-refractivity contribution in [2.24, 2.45) is 0 Å². The highest BCUT2D eigenvalue weighted by molar-refractivity contribution is 7.85. The normalized spacial score (nSPS) is 37.7. The second-order valence-corrected chi connectivity index (χ2v) is 7.99. The molecule has 1 aromatic rings. The van der Waals surface area contributed by atoms with Crippen molar-refractivity contribution in [3.8, 4) is 0 Å². The fourth-order valence-electron chi connectivity index (χ4n) is 3.41. The molecule has 0 spiro atoms. The Morgan fingerprint density at radius 1 is 1.28 bits per heavy atom. The molecule has 3 heteroatoms. The third-order valence-corrected chi connectivity index (χ3v) is 6.35. The molecule has 1 aromatic carbocycles. The fraction of sp³-hybridized carbons (Fsp3) is 0.600. The lowest BCUT2D eigenvalue weighted by atomic mass is 9.79. The van der Waals surface area contributed by atoms with Crippen LogP contribution in [0.4, 0.5) is 0 Å². The number of fused-ring (bicyclic) bond motifs is 3. The molecule has 0 bridgehead atoms. The van der Waals surface area contributed by atoms with Crippen LogP contribution in [0, 0.1) is 0 Å². The SMILES string of the molecule is CC1CC2C(NC(C)(C)CS2=O)c2ccccc21. The van der Waals surface area contributed by atoms with Crippen LogP contribution in [0.15, 0.2) is 24.3 Å². The van der Waals surface area contributed by atoms with Crippen LogP contribution in [0.3, 0.4) is 0 Å². The van der Waals surface area contributed by atoms with Gasteiger partial charge in [0.2, 0.25) is 0 Å². The zero-order valence-corrected chi connectivity index (χ0v) is 12.1. The van der Waals surface area contributed by atoms with Gasteiger partial charge in [0.15, 0.2) is 0 Å². The van der Waals surface area contributed by atoms with E-state index in [1.165, 1.54) is 11.1 Å². The van der Waals surface area contributed by atoms with E-state index < -0.39 is 10.8 Å². The lowest BCUT2D eigenvalue weighted by Crippen LogP contribution is -2.57. The van der Waals surface area contributed by atoms with Gasteiger partial charge in [-0.1, -0.05) is 31.2 Å². The Morgan fingerprint density at radius 2 is 1.94 bits per heavy atom. The van der Waals surface area contributed by atoms with Crippen molar-refractivity contribution in [2.75, 3.05) is 5.75 Å². The van der Waals surface area contributed by atoms with Gasteiger partial charge >= 0.3 is 0 Å². The predicted molar refractivity (Wildman–Crippen MR) is 76.2 cm³/mol. The molecule has 0 radical (unpaired) electrons. The first kappa shape index (κ1) is 12.4. The summed E-state index contributed by atoms with van der Waals surface area (Å²) in [6.45, 7) is 6.57. The Bertz CT molecular complexity index is 497. The highest BCUT2D eigenvalue weighted by Crippen LogP contribution is 2.42. The highest BCUT2D eigenvalue weighted by Gasteiger charge is 2.43. The molecular weight excluding hydrogens is 242 g/mol. The second-order valence-electron chi connectivity index (χ2n) is 6.34. The summed E-state index contributed by atoms with van der Waals surface area (Å²) >= 11 is 0. The van der Waals surface area contributed by atoms with E-state index in [-0.39, 0.29) is 16.8 Å². The van der Waals surface area contributed by atoms with Crippen molar-refractivity contribution in [3.05, 3.63) is 35.4 Å². The van der Waals surface area contributed by atoms with Gasteiger partial charge in [-0.25, -0.2) is 0 Å². The molecular formula is C15H21NOS. The Morgan fingerprint density at radius 3 is 2.67 bits per heavy atom. The average Bonchev–Trinajstić information content (AvgIpc) is 2.31. The van der Waals surface area contributed by atoms with E-state index in [0.717, 1.165) is 12.2 Å². The maximum Gasteiger partial charge on any atom is 0.0549 e. The van der Waals surface area contributed by atoms with Crippen molar-refractivity contribution in [2.45, 2.75) is 49.9 Å². The van der Waals surface area contributed by atoms with Crippen LogP contribution in [0.25, 0.3) is 0 Å². The standard InChI is InChI=1S/C15H21NOS/c1-10-8-13-14(12-7-5-4-6-11(10)12)16-15(2,3)9-18(13)17/h4-7,10,13-14,16H,8-9H2,1-3H3. The zero-order chi connectivity index (χ0) is 12.9. The van der Waals surface area contributed by atoms with Crippen molar-refractivity contribution >= 4 is 10.8 Å². The van der Waals surface area contributed by atoms with Crippen LogP contribution in [0.1, 0.15) is 50.3 Å². The van der Waals surface area contributed by atoms with Crippen molar-refractivity contribution in [1.82, 2.24) is 5.32 Å². The Hall–Kier alpha value is -0.670. The Kier molecular flexibility index (Phi) is 2.87. The van der Waals surface area contributed by atoms with E-state index in [4.69, 9.17) is 0 Å². The molecule has 1 fully saturated rings. The van der Waals surface area contributed by atoms with Gasteiger partial charge in [0, 0.05) is 28.1 Å². The summed E-state index contributed by atoms with van der Waals surface area (Å²) < 4.78 is 12.5. The molecule has 0 aromatic heterocycles. The molecule has 1 N–H and O–H groups in total. The number of rotatable bonds is 0. The second kappa shape index (κ2) is 4.17. The lowest BCUT2D eigenvalue weighted by molar-refractivity contribution is 0.314. The molecule has 1 saturated heterocycles. The quantitative estimate of drug-likeness (QED) is 0.780. The molecule has 2 nitrogen and oxygen atoms in total. The number of nitrogens with one attached hydrogen (secondary N) is 1. The van der Waals surface area contributed by atoms with Gasteiger partial charge in [0.25, 0.3) is 0 Å². The first-order chi connectivity index (χ1) is 8.48. The van der Waals surface area contributed by atoms with Gasteiger partial charge in [-0.2, -0.15) is 0 Å². The van der Waals surface area contributed by atoms with Crippen LogP contribution < -0.4 is 5.32 Å². The molecule has 1 heterocycles. The smallest absolute Gasteiger partial charge is 0.0549 e. The summed E-state index contributed by atoms with van der Waals surface area (Å²) in [6.07, 6.45) is 1.04. The topological polar surface area (TPSA) is 29.1 Å². The third-order valence-electron chi connectivity index (χ3n) is 4.21. The minimum absolute atomic E-state index is 0.0281. The summed E-state index contributed by atoms with van der Waals surface area (Å²) in [5.74, 6) is 1.29. The summed E-state index contributed by atoms with van der Waals surface area (Å²) in [5, 5.41) is 3.99. The van der Waals surface area contributed by atoms with E-state index in [0.29, 0.717) is 5.92 Å². The molecule has 18 heavy (non-hydrogen) atoms. The summed E-state index contributed by atoms with van der Waals surface area (Å²) in [4.78, 5) is 0. The maximum absolute atomic E-state index is 12.5. The molecule has 0 saturated carbocycles. The Labute approximate surface area is 112 Å². The first-order valence-electron chi connectivity index (χ1n) is 6.72. The van der Waals surface area contributed by atoms with Crippen molar-refractivity contribution in [1.29, 1.82) is 0 Å². The number of benzene rings is 1. The van der Waals surface area contributed by atoms with E-state index in [1.54, 1.807) is 0 Å². The van der Waals surface area contributed by atoms with Crippen molar-refractivity contribution < 1.29 is 4.21 Å². The third kappa shape index (κ3) is 1.94. The summed E-state index contributed by atoms with van der Waals surface area (Å²) in [5.41, 5.74) is 2.77. The van der Waals surface area contributed by atoms with E-state index >= 15 is 0 Å². The molecule has 3 rings (SSSR count). The van der Waals surface area contributed by atoms with Gasteiger partial charge in [0.05, 0.1) is 5.25 Å². The highest BCUT2D eigenvalue weighted by atomic mass is 32.2. The summed E-state index contributed by atoms with van der Waals surface area (Å²) in [7, 11) is -0.717. The van der Waals surface area contributed by atoms with Gasteiger partial charge in [-0.3, -0.25) is 4.21 Å². The zero-order valence-electron chi connectivity index (χ0n) is 11.3. The Balaban J connectivity index is 2.07. The van der Waals surface area contributed by atoms with E-state index in [9.17, 15) is 4.21 Å². The van der Waals surface area contributed by atoms with E-state index in [2.05, 4.69) is 50.4 Å². The molecule has 1 aliphatic heterocycles. The van der Waals surface area contributed by atoms with Gasteiger partial charge < -0.3 is 5.32 Å². The van der Waals surface area contributed by atoms with Crippen molar-refractivity contribution in [3.63, 3.8) is 0 Å². The van der Waals surface area contributed by atoms with Crippen LogP contribution in [-0.2, 0) is 10.8 Å². The largest absolute Gasteiger partial charge is 0.303 e. The number of hydrogen-bond donors (Lipinski definition) is 1. The average molecular weight is 263 g/mol. The van der Waals surface area contributed by atoms with Crippen LogP contribution in [0.5, 0.6) is 0 Å². The molecule has 98 valence electrons.